The van der Waals surface area contributed by atoms with Gasteiger partial charge in [0, 0.05) is 30.1 Å². The first-order chi connectivity index (χ1) is 11.8. The molecule has 0 bridgehead atoms. The molecular formula is C17H26N4O2S2. The number of Topliss-reactive ketones (excluding diaryl/α,β-unsaturated/α-hetero) is 1. The average molecular weight is 383 g/mol. The van der Waals surface area contributed by atoms with Crippen molar-refractivity contribution in [1.29, 1.82) is 0 Å². The highest BCUT2D eigenvalue weighted by Crippen LogP contribution is 2.28. The fourth-order valence-corrected chi connectivity index (χ4v) is 4.61. The molecule has 0 amide bonds. The minimum Gasteiger partial charge on any atom is -0.383 e. The third-order valence-corrected chi connectivity index (χ3v) is 5.77. The van der Waals surface area contributed by atoms with Gasteiger partial charge in [-0.05, 0) is 40.7 Å². The molecule has 0 radical (unpaired) electrons. The van der Waals surface area contributed by atoms with Crippen molar-refractivity contribution in [3.8, 4) is 0 Å². The van der Waals surface area contributed by atoms with E-state index >= 15 is 0 Å². The zero-order valence-electron chi connectivity index (χ0n) is 15.6. The highest BCUT2D eigenvalue weighted by Gasteiger charge is 2.19. The Morgan fingerprint density at radius 2 is 2.08 bits per heavy atom. The van der Waals surface area contributed by atoms with Crippen molar-refractivity contribution in [3.05, 3.63) is 23.0 Å². The summed E-state index contributed by atoms with van der Waals surface area (Å²) in [5.41, 5.74) is 2.85. The van der Waals surface area contributed by atoms with Gasteiger partial charge in [-0.25, -0.2) is 0 Å². The number of anilines is 1. The number of aromatic nitrogens is 3. The predicted octanol–water partition coefficient (Wildman–Crippen LogP) is 3.96. The number of aryl methyl sites for hydroxylation is 1. The lowest BCUT2D eigenvalue weighted by Gasteiger charge is -2.17. The van der Waals surface area contributed by atoms with Gasteiger partial charge < -0.3 is 14.6 Å². The van der Waals surface area contributed by atoms with E-state index in [0.717, 1.165) is 26.4 Å². The van der Waals surface area contributed by atoms with Crippen LogP contribution in [0.4, 0.5) is 5.13 Å². The van der Waals surface area contributed by atoms with Gasteiger partial charge in [-0.15, -0.1) is 10.2 Å². The van der Waals surface area contributed by atoms with Crippen molar-refractivity contribution in [2.24, 2.45) is 0 Å². The van der Waals surface area contributed by atoms with E-state index in [4.69, 9.17) is 4.74 Å². The Kier molecular flexibility index (Phi) is 7.04. The number of carbonyl (C=O) groups excluding carboxylic acids is 1. The monoisotopic (exact) mass is 382 g/mol. The van der Waals surface area contributed by atoms with Crippen LogP contribution in [0.2, 0.25) is 0 Å². The molecule has 2 aromatic rings. The summed E-state index contributed by atoms with van der Waals surface area (Å²) in [6.07, 6.45) is 0. The molecular weight excluding hydrogens is 356 g/mol. The lowest BCUT2D eigenvalue weighted by molar-refractivity contribution is 0.102. The van der Waals surface area contributed by atoms with Crippen LogP contribution in [0.3, 0.4) is 0 Å². The SMILES string of the molecule is COCC(C)n1c(C)cc(C(=O)CSc2nnc(NC(C)C)s2)c1C. The van der Waals surface area contributed by atoms with Gasteiger partial charge in [0.1, 0.15) is 0 Å². The molecule has 25 heavy (non-hydrogen) atoms. The standard InChI is InChI=1S/C17H26N4O2S2/c1-10(2)18-16-19-20-17(25-16)24-9-15(22)14-7-11(3)21(13(14)5)12(4)8-23-6/h7,10,12H,8-9H2,1-6H3,(H,18,19). The number of thioether (sulfide) groups is 1. The second-order valence-corrected chi connectivity index (χ2v) is 8.54. The number of carbonyl (C=O) groups is 1. The fourth-order valence-electron chi connectivity index (χ4n) is 2.83. The van der Waals surface area contributed by atoms with E-state index < -0.39 is 0 Å². The fraction of sp³-hybridized carbons (Fsp3) is 0.588. The van der Waals surface area contributed by atoms with E-state index in [0.29, 0.717) is 18.4 Å². The topological polar surface area (TPSA) is 69.0 Å². The zero-order chi connectivity index (χ0) is 18.6. The Hall–Kier alpha value is -1.38. The third kappa shape index (κ3) is 5.05. The Morgan fingerprint density at radius 3 is 2.72 bits per heavy atom. The van der Waals surface area contributed by atoms with Gasteiger partial charge >= 0.3 is 0 Å². The Bertz CT molecular complexity index is 724. The number of ketones is 1. The molecule has 0 aliphatic heterocycles. The summed E-state index contributed by atoms with van der Waals surface area (Å²) < 4.78 is 8.21. The molecule has 8 heteroatoms. The van der Waals surface area contributed by atoms with Gasteiger partial charge in [-0.3, -0.25) is 4.79 Å². The number of hydrogen-bond donors (Lipinski definition) is 1. The van der Waals surface area contributed by atoms with Crippen molar-refractivity contribution >= 4 is 34.0 Å². The van der Waals surface area contributed by atoms with Crippen LogP contribution < -0.4 is 5.32 Å². The number of nitrogens with one attached hydrogen (secondary N) is 1. The molecule has 0 fully saturated rings. The lowest BCUT2D eigenvalue weighted by atomic mass is 10.2. The minimum atomic E-state index is 0.113. The summed E-state index contributed by atoms with van der Waals surface area (Å²) >= 11 is 2.91. The molecule has 2 aromatic heterocycles. The molecule has 0 saturated carbocycles. The van der Waals surface area contributed by atoms with Crippen LogP contribution in [0.25, 0.3) is 0 Å². The second kappa shape index (κ2) is 8.82. The highest BCUT2D eigenvalue weighted by molar-refractivity contribution is 8.01. The van der Waals surface area contributed by atoms with Crippen LogP contribution in [0.1, 0.15) is 48.6 Å². The molecule has 0 aromatic carbocycles. The van der Waals surface area contributed by atoms with Crippen LogP contribution in [-0.4, -0.2) is 46.1 Å². The van der Waals surface area contributed by atoms with Gasteiger partial charge in [-0.2, -0.15) is 0 Å². The van der Waals surface area contributed by atoms with Crippen molar-refractivity contribution in [3.63, 3.8) is 0 Å². The van der Waals surface area contributed by atoms with Gasteiger partial charge in [0.15, 0.2) is 10.1 Å². The Balaban J connectivity index is 2.04. The first-order valence-electron chi connectivity index (χ1n) is 8.26. The summed E-state index contributed by atoms with van der Waals surface area (Å²) in [7, 11) is 1.69. The molecule has 1 atom stereocenters. The van der Waals surface area contributed by atoms with Crippen LogP contribution >= 0.6 is 23.1 Å². The molecule has 0 spiro atoms. The number of hydrogen-bond acceptors (Lipinski definition) is 7. The molecule has 2 heterocycles. The van der Waals surface area contributed by atoms with E-state index in [-0.39, 0.29) is 11.8 Å². The summed E-state index contributed by atoms with van der Waals surface area (Å²) in [6, 6.07) is 2.48. The van der Waals surface area contributed by atoms with E-state index in [1.165, 1.54) is 23.1 Å². The van der Waals surface area contributed by atoms with Gasteiger partial charge in [-0.1, -0.05) is 23.1 Å². The lowest BCUT2D eigenvalue weighted by Crippen LogP contribution is -2.14. The molecule has 0 aliphatic carbocycles. The maximum Gasteiger partial charge on any atom is 0.206 e. The van der Waals surface area contributed by atoms with E-state index in [1.54, 1.807) is 7.11 Å². The van der Waals surface area contributed by atoms with Crippen LogP contribution in [0.5, 0.6) is 0 Å². The Labute approximate surface area is 157 Å². The summed E-state index contributed by atoms with van der Waals surface area (Å²) in [5, 5.41) is 12.2. The molecule has 138 valence electrons. The molecule has 0 saturated heterocycles. The first-order valence-corrected chi connectivity index (χ1v) is 10.1. The van der Waals surface area contributed by atoms with Gasteiger partial charge in [0.25, 0.3) is 0 Å². The largest absolute Gasteiger partial charge is 0.383 e. The molecule has 1 N–H and O–H groups in total. The van der Waals surface area contributed by atoms with Crippen molar-refractivity contribution < 1.29 is 9.53 Å². The van der Waals surface area contributed by atoms with Crippen molar-refractivity contribution in [1.82, 2.24) is 14.8 Å². The second-order valence-electron chi connectivity index (χ2n) is 6.34. The van der Waals surface area contributed by atoms with E-state index in [9.17, 15) is 4.79 Å². The van der Waals surface area contributed by atoms with Crippen molar-refractivity contribution in [2.75, 3.05) is 24.8 Å². The van der Waals surface area contributed by atoms with Crippen LogP contribution in [0, 0.1) is 13.8 Å². The zero-order valence-corrected chi connectivity index (χ0v) is 17.3. The summed E-state index contributed by atoms with van der Waals surface area (Å²) in [4.78, 5) is 12.6. The number of rotatable bonds is 9. The van der Waals surface area contributed by atoms with Gasteiger partial charge in [0.05, 0.1) is 18.4 Å². The van der Waals surface area contributed by atoms with Crippen molar-refractivity contribution in [2.45, 2.75) is 51.0 Å². The summed E-state index contributed by atoms with van der Waals surface area (Å²) in [6.45, 7) is 10.8. The van der Waals surface area contributed by atoms with Crippen LogP contribution in [0.15, 0.2) is 10.4 Å². The number of ether oxygens (including phenoxy) is 1. The Morgan fingerprint density at radius 1 is 1.36 bits per heavy atom. The maximum atomic E-state index is 12.6. The van der Waals surface area contributed by atoms with E-state index in [1.807, 2.05) is 19.9 Å². The minimum absolute atomic E-state index is 0.113. The molecule has 1 unspecified atom stereocenters. The number of methoxy groups -OCH3 is 1. The first kappa shape index (κ1) is 19.9. The predicted molar refractivity (Wildman–Crippen MR) is 104 cm³/mol. The molecule has 0 aliphatic rings. The third-order valence-electron chi connectivity index (χ3n) is 3.78. The normalized spacial score (nSPS) is 12.6. The van der Waals surface area contributed by atoms with Gasteiger partial charge in [0.2, 0.25) is 5.13 Å². The van der Waals surface area contributed by atoms with E-state index in [2.05, 4.69) is 40.9 Å². The molecule has 6 nitrogen and oxygen atoms in total. The number of nitrogens with zero attached hydrogens (tertiary/aromatic N) is 3. The summed E-state index contributed by atoms with van der Waals surface area (Å²) in [5.74, 6) is 0.474. The average Bonchev–Trinajstić information content (AvgIpc) is 3.08. The molecule has 2 rings (SSSR count). The smallest absolute Gasteiger partial charge is 0.206 e. The quantitative estimate of drug-likeness (QED) is 0.523. The maximum absolute atomic E-state index is 12.6. The van der Waals surface area contributed by atoms with Crippen LogP contribution in [-0.2, 0) is 4.74 Å². The highest BCUT2D eigenvalue weighted by atomic mass is 32.2.